The minimum absolute atomic E-state index is 0.00124. The van der Waals surface area contributed by atoms with Crippen LogP contribution >= 0.6 is 11.8 Å². The number of nitrogens with zero attached hydrogens (tertiary/aromatic N) is 2. The number of aliphatic carboxylic acids is 2. The number of rotatable bonds is 32. The van der Waals surface area contributed by atoms with E-state index in [1.807, 2.05) is 27.7 Å². The van der Waals surface area contributed by atoms with Gasteiger partial charge in [0.1, 0.15) is 66.5 Å². The zero-order valence-corrected chi connectivity index (χ0v) is 56.8. The van der Waals surface area contributed by atoms with Crippen LogP contribution in [0.5, 0.6) is 0 Å². The maximum atomic E-state index is 14.6. The van der Waals surface area contributed by atoms with E-state index in [2.05, 4.69) is 73.4 Å². The number of hydrogen-bond acceptors (Lipinski definition) is 19. The average molecular weight is 1380 g/mol. The van der Waals surface area contributed by atoms with E-state index in [9.17, 15) is 77.3 Å². The number of hydrogen-bond donors (Lipinski definition) is 17. The maximum Gasteiger partial charge on any atom is 0.305 e. The van der Waals surface area contributed by atoms with Crippen LogP contribution in [0, 0.1) is 23.7 Å². The topological polar surface area (TPSA) is 531 Å². The summed E-state index contributed by atoms with van der Waals surface area (Å²) in [6.07, 6.45) is -0.907. The van der Waals surface area contributed by atoms with Crippen LogP contribution in [-0.2, 0) is 80.0 Å². The number of primary amides is 1. The summed E-state index contributed by atoms with van der Waals surface area (Å²) >= 11 is 1.34. The van der Waals surface area contributed by atoms with Crippen LogP contribution in [0.25, 0.3) is 0 Å². The smallest absolute Gasteiger partial charge is 0.305 e. The second-order valence-electron chi connectivity index (χ2n) is 25.5. The van der Waals surface area contributed by atoms with Crippen molar-refractivity contribution in [2.75, 3.05) is 18.8 Å². The molecule has 33 nitrogen and oxygen atoms in total. The van der Waals surface area contributed by atoms with E-state index in [0.29, 0.717) is 22.1 Å². The predicted molar refractivity (Wildman–Crippen MR) is 355 cm³/mol. The summed E-state index contributed by atoms with van der Waals surface area (Å²) in [4.78, 5) is 204. The Bertz CT molecular complexity index is 3100. The van der Waals surface area contributed by atoms with E-state index in [1.54, 1.807) is 58.0 Å². The third-order valence-electron chi connectivity index (χ3n) is 15.9. The first-order chi connectivity index (χ1) is 45.8. The number of amides is 12. The van der Waals surface area contributed by atoms with Crippen molar-refractivity contribution in [3.63, 3.8) is 0 Å². The van der Waals surface area contributed by atoms with E-state index in [0.717, 1.165) is 0 Å². The Morgan fingerprint density at radius 2 is 1.16 bits per heavy atom. The van der Waals surface area contributed by atoms with Gasteiger partial charge in [-0.25, -0.2) is 4.98 Å². The molecule has 0 spiro atoms. The second-order valence-corrected chi connectivity index (χ2v) is 26.6. The normalized spacial score (nSPS) is 22.2. The molecular weight excluding hydrogens is 1280 g/mol. The lowest BCUT2D eigenvalue weighted by Crippen LogP contribution is -2.61. The van der Waals surface area contributed by atoms with Gasteiger partial charge >= 0.3 is 11.9 Å². The zero-order valence-electron chi connectivity index (χ0n) is 56.0. The van der Waals surface area contributed by atoms with E-state index in [-0.39, 0.29) is 82.3 Å². The van der Waals surface area contributed by atoms with Crippen molar-refractivity contribution in [3.05, 3.63) is 54.1 Å². The molecule has 12 atom stereocenters. The highest BCUT2D eigenvalue weighted by molar-refractivity contribution is 8.14. The van der Waals surface area contributed by atoms with Crippen LogP contribution in [0.3, 0.4) is 0 Å². The van der Waals surface area contributed by atoms with Gasteiger partial charge in [0, 0.05) is 43.5 Å². The number of thioether (sulfide) groups is 1. The van der Waals surface area contributed by atoms with Crippen LogP contribution in [0.15, 0.2) is 47.8 Å². The molecule has 20 N–H and O–H groups in total. The van der Waals surface area contributed by atoms with Gasteiger partial charge in [-0.15, -0.1) is 11.8 Å². The number of aliphatic imine (C=N–C) groups is 1. The molecule has 3 heterocycles. The molecule has 536 valence electrons. The number of carbonyl (C=O) groups excluding carboxylic acids is 12. The third-order valence-corrected chi connectivity index (χ3v) is 17.0. The van der Waals surface area contributed by atoms with Gasteiger partial charge < -0.3 is 90.9 Å². The van der Waals surface area contributed by atoms with Crippen molar-refractivity contribution < 1.29 is 77.3 Å². The Labute approximate surface area is 567 Å². The van der Waals surface area contributed by atoms with Gasteiger partial charge in [0.15, 0.2) is 0 Å². The average Bonchev–Trinajstić information content (AvgIpc) is 1.86. The molecule has 1 fully saturated rings. The summed E-state index contributed by atoms with van der Waals surface area (Å²) in [5.41, 5.74) is 18.6. The molecular formula is C63H97N17O16S. The molecule has 0 bridgehead atoms. The fraction of sp³-hybridized carbons (Fsp3) is 0.619. The van der Waals surface area contributed by atoms with E-state index in [1.165, 1.54) is 24.3 Å². The van der Waals surface area contributed by atoms with E-state index < -0.39 is 187 Å². The number of nitrogens with one attached hydrogen (secondary N) is 12. The van der Waals surface area contributed by atoms with Crippen molar-refractivity contribution >= 4 is 99.6 Å². The standard InChI is InChI=1S/C63H97N17O16S/c1-31(2)23-40(73-60(94)45-29-97-63(78-45)49(66)32(3)4)55(89)72-39(19-20-47(82)83)54(88)79-50(33(5)6)61(95)68-22-13-12-17-37-52(86)70-38(18-14-21-64)53(87)80-51(34(7)8)62(96)77-41(24-35-15-10-9-11-16-35)56(90)74-42(25-36-28-67-30-69-36)57(91)76-44(27-48(84)85)59(93)75-43(26-46(65)81)58(92)71-37/h9-11,15-16,28,30-34,37-45,49-51H,12-14,17-27,29,64,66H2,1-8H3,(H2,65,81)(H,67,69)(H,68,95)(H,70,86)(H,71,92)(H,72,89)(H,73,94)(H,74,90)(H,75,93)(H,76,91)(H,77,96)(H,79,88)(H,80,87)(H,82,83)(H,84,85). The zero-order chi connectivity index (χ0) is 72.2. The molecule has 12 unspecified atom stereocenters. The van der Waals surface area contributed by atoms with Crippen LogP contribution in [0.1, 0.15) is 131 Å². The third kappa shape index (κ3) is 27.2. The summed E-state index contributed by atoms with van der Waals surface area (Å²) in [5, 5.41) is 48.5. The number of carbonyl (C=O) groups is 14. The van der Waals surface area contributed by atoms with Gasteiger partial charge in [-0.1, -0.05) is 85.7 Å². The van der Waals surface area contributed by atoms with Crippen LogP contribution in [-0.4, -0.2) is 199 Å². The van der Waals surface area contributed by atoms with E-state index >= 15 is 0 Å². The molecule has 1 aromatic heterocycles. The molecule has 1 saturated heterocycles. The largest absolute Gasteiger partial charge is 0.481 e. The molecule has 2 aromatic rings. The molecule has 4 rings (SSSR count). The molecule has 0 saturated carbocycles. The Morgan fingerprint density at radius 1 is 0.619 bits per heavy atom. The van der Waals surface area contributed by atoms with Gasteiger partial charge in [0.2, 0.25) is 70.9 Å². The lowest BCUT2D eigenvalue weighted by Gasteiger charge is -2.29. The summed E-state index contributed by atoms with van der Waals surface area (Å²) in [6.45, 7) is 13.8. The molecule has 2 aliphatic heterocycles. The number of aromatic nitrogens is 2. The highest BCUT2D eigenvalue weighted by Gasteiger charge is 2.39. The van der Waals surface area contributed by atoms with Crippen LogP contribution < -0.4 is 75.7 Å². The Balaban J connectivity index is 1.64. The van der Waals surface area contributed by atoms with Crippen molar-refractivity contribution in [1.29, 1.82) is 0 Å². The monoisotopic (exact) mass is 1380 g/mol. The molecule has 0 radical (unpaired) electrons. The number of benzene rings is 1. The number of carboxylic acid groups (broad SMARTS) is 2. The quantitative estimate of drug-likeness (QED) is 0.0328. The first-order valence-electron chi connectivity index (χ1n) is 32.5. The second kappa shape index (κ2) is 39.9. The SMILES string of the molecule is CC(C)CC(NC(=O)C1CSC(C(N)C(C)C)=N1)C(=O)NC(CCC(=O)O)C(=O)NC(C(=O)NCCCCC1NC(=O)C(CC(N)=O)NC(=O)C(CC(=O)O)NC(=O)C(Cc2cnc[nH]2)NC(=O)C(Cc2ccccc2)NC(=O)C(C(C)C)NC(=O)C(CCCN)NC1=O)C(C)C. The number of unbranched alkanes of at least 4 members (excludes halogenated alkanes) is 1. The number of aromatic amines is 1. The fourth-order valence-electron chi connectivity index (χ4n) is 10.3. The fourth-order valence-corrected chi connectivity index (χ4v) is 11.5. The summed E-state index contributed by atoms with van der Waals surface area (Å²) in [5.74, 6) is -15.3. The first-order valence-corrected chi connectivity index (χ1v) is 33.5. The molecule has 1 aromatic carbocycles. The minimum atomic E-state index is -2.00. The van der Waals surface area contributed by atoms with Crippen molar-refractivity contribution in [3.8, 4) is 0 Å². The van der Waals surface area contributed by atoms with Crippen molar-refractivity contribution in [2.45, 2.75) is 205 Å². The van der Waals surface area contributed by atoms with Gasteiger partial charge in [-0.3, -0.25) is 72.1 Å². The highest BCUT2D eigenvalue weighted by atomic mass is 32.2. The summed E-state index contributed by atoms with van der Waals surface area (Å²) in [7, 11) is 0. The van der Waals surface area contributed by atoms with Crippen molar-refractivity contribution in [2.24, 2.45) is 45.9 Å². The van der Waals surface area contributed by atoms with Gasteiger partial charge in [0.25, 0.3) is 0 Å². The lowest BCUT2D eigenvalue weighted by molar-refractivity contribution is -0.142. The number of carboxylic acids is 2. The minimum Gasteiger partial charge on any atom is -0.481 e. The van der Waals surface area contributed by atoms with Gasteiger partial charge in [-0.2, -0.15) is 0 Å². The molecule has 34 heteroatoms. The van der Waals surface area contributed by atoms with Crippen LogP contribution in [0.2, 0.25) is 0 Å². The molecule has 12 amide bonds. The van der Waals surface area contributed by atoms with Crippen molar-refractivity contribution in [1.82, 2.24) is 68.5 Å². The Morgan fingerprint density at radius 3 is 1.71 bits per heavy atom. The predicted octanol–water partition coefficient (Wildman–Crippen LogP) is -2.85. The maximum absolute atomic E-state index is 14.6. The van der Waals surface area contributed by atoms with Gasteiger partial charge in [-0.05, 0) is 80.7 Å². The van der Waals surface area contributed by atoms with E-state index in [4.69, 9.17) is 17.2 Å². The molecule has 97 heavy (non-hydrogen) atoms. The lowest BCUT2D eigenvalue weighted by atomic mass is 9.99. The summed E-state index contributed by atoms with van der Waals surface area (Å²) < 4.78 is 0. The summed E-state index contributed by atoms with van der Waals surface area (Å²) in [6, 6.07) is -8.12. The molecule has 0 aliphatic carbocycles. The Kier molecular flexibility index (Phi) is 33.0. The number of imidazole rings is 1. The molecule has 2 aliphatic rings. The Hall–Kier alpha value is -9.05. The number of nitrogens with two attached hydrogens (primary N) is 3. The first kappa shape index (κ1) is 80.4. The highest BCUT2D eigenvalue weighted by Crippen LogP contribution is 2.23. The number of H-pyrrole nitrogens is 1. The van der Waals surface area contributed by atoms with Crippen LogP contribution in [0.4, 0.5) is 0 Å². The van der Waals surface area contributed by atoms with Gasteiger partial charge in [0.05, 0.1) is 30.3 Å².